The molecule has 0 bridgehead atoms. The van der Waals surface area contributed by atoms with E-state index in [1.165, 1.54) is 6.42 Å². The van der Waals surface area contributed by atoms with Crippen LogP contribution in [0.15, 0.2) is 11.6 Å². The zero-order chi connectivity index (χ0) is 11.1. The van der Waals surface area contributed by atoms with Crippen LogP contribution in [0.2, 0.25) is 0 Å². The van der Waals surface area contributed by atoms with Gasteiger partial charge in [0.1, 0.15) is 0 Å². The van der Waals surface area contributed by atoms with Crippen LogP contribution in [0.25, 0.3) is 0 Å². The molecule has 2 rings (SSSR count). The third kappa shape index (κ3) is 1.65. The first-order valence-corrected chi connectivity index (χ1v) is 6.45. The van der Waals surface area contributed by atoms with Crippen LogP contribution in [0, 0.1) is 17.8 Å². The Labute approximate surface area is 93.9 Å². The molecule has 1 nitrogen and oxygen atoms in total. The van der Waals surface area contributed by atoms with Crippen molar-refractivity contribution in [1.82, 2.24) is 0 Å². The van der Waals surface area contributed by atoms with Crippen molar-refractivity contribution in [3.8, 4) is 0 Å². The molecule has 1 aliphatic carbocycles. The summed E-state index contributed by atoms with van der Waals surface area (Å²) < 4.78 is 6.16. The van der Waals surface area contributed by atoms with E-state index in [1.807, 2.05) is 0 Å². The molecule has 1 aliphatic heterocycles. The monoisotopic (exact) mass is 208 g/mol. The van der Waals surface area contributed by atoms with Crippen molar-refractivity contribution in [3.63, 3.8) is 0 Å². The van der Waals surface area contributed by atoms with E-state index in [0.29, 0.717) is 5.92 Å². The molecule has 1 saturated heterocycles. The molecule has 0 aromatic carbocycles. The zero-order valence-electron chi connectivity index (χ0n) is 10.5. The first-order chi connectivity index (χ1) is 7.13. The van der Waals surface area contributed by atoms with E-state index in [9.17, 15) is 0 Å². The van der Waals surface area contributed by atoms with Crippen LogP contribution in [0.4, 0.5) is 0 Å². The van der Waals surface area contributed by atoms with E-state index >= 15 is 0 Å². The summed E-state index contributed by atoms with van der Waals surface area (Å²) in [5.74, 6) is 2.23. The first kappa shape index (κ1) is 11.2. The van der Waals surface area contributed by atoms with E-state index in [0.717, 1.165) is 31.3 Å². The van der Waals surface area contributed by atoms with Crippen molar-refractivity contribution in [2.24, 2.45) is 17.8 Å². The van der Waals surface area contributed by atoms with E-state index in [4.69, 9.17) is 4.74 Å². The molecule has 1 heterocycles. The van der Waals surface area contributed by atoms with E-state index < -0.39 is 0 Å². The quantitative estimate of drug-likeness (QED) is 0.627. The van der Waals surface area contributed by atoms with Crippen LogP contribution in [-0.2, 0) is 4.74 Å². The Bertz CT molecular complexity index is 263. The van der Waals surface area contributed by atoms with Gasteiger partial charge in [0, 0.05) is 5.92 Å². The van der Waals surface area contributed by atoms with E-state index in [2.05, 4.69) is 33.8 Å². The summed E-state index contributed by atoms with van der Waals surface area (Å²) >= 11 is 0. The average Bonchev–Trinajstić information content (AvgIpc) is 2.57. The minimum Gasteiger partial charge on any atom is -0.374 e. The number of allylic oxidation sites excluding steroid dienone is 1. The SMILES string of the molecule is CCC1(CC)OCC2CC(C)C=C(C)C21. The van der Waals surface area contributed by atoms with Gasteiger partial charge < -0.3 is 4.74 Å². The number of hydrogen-bond donors (Lipinski definition) is 0. The number of hydrogen-bond acceptors (Lipinski definition) is 1. The summed E-state index contributed by atoms with van der Waals surface area (Å²) in [7, 11) is 0. The largest absolute Gasteiger partial charge is 0.374 e. The molecule has 0 N–H and O–H groups in total. The zero-order valence-corrected chi connectivity index (χ0v) is 10.5. The highest BCUT2D eigenvalue weighted by Crippen LogP contribution is 2.49. The Hall–Kier alpha value is -0.300. The summed E-state index contributed by atoms with van der Waals surface area (Å²) in [5.41, 5.74) is 1.74. The predicted octanol–water partition coefficient (Wildman–Crippen LogP) is 3.79. The molecule has 0 spiro atoms. The molecule has 3 unspecified atom stereocenters. The molecule has 1 fully saturated rings. The molecule has 0 aromatic heterocycles. The van der Waals surface area contributed by atoms with Gasteiger partial charge >= 0.3 is 0 Å². The minimum absolute atomic E-state index is 0.158. The van der Waals surface area contributed by atoms with Crippen molar-refractivity contribution < 1.29 is 4.74 Å². The highest BCUT2D eigenvalue weighted by Gasteiger charge is 2.49. The van der Waals surface area contributed by atoms with Crippen molar-refractivity contribution in [2.45, 2.75) is 52.6 Å². The van der Waals surface area contributed by atoms with Crippen LogP contribution in [0.5, 0.6) is 0 Å². The van der Waals surface area contributed by atoms with Crippen molar-refractivity contribution in [3.05, 3.63) is 11.6 Å². The lowest BCUT2D eigenvalue weighted by Gasteiger charge is -2.38. The third-order valence-electron chi connectivity index (χ3n) is 4.53. The lowest BCUT2D eigenvalue weighted by molar-refractivity contribution is -0.0203. The summed E-state index contributed by atoms with van der Waals surface area (Å²) in [4.78, 5) is 0. The topological polar surface area (TPSA) is 9.23 Å². The summed E-state index contributed by atoms with van der Waals surface area (Å²) in [6.45, 7) is 10.2. The standard InChI is InChI=1S/C14H24O/c1-5-14(6-2)13-11(4)7-10(3)8-12(13)9-15-14/h7,10,12-13H,5-6,8-9H2,1-4H3. The molecule has 3 atom stereocenters. The van der Waals surface area contributed by atoms with E-state index in [1.54, 1.807) is 5.57 Å². The van der Waals surface area contributed by atoms with Crippen LogP contribution in [0.1, 0.15) is 47.0 Å². The Morgan fingerprint density at radius 2 is 2.07 bits per heavy atom. The van der Waals surface area contributed by atoms with Crippen LogP contribution < -0.4 is 0 Å². The molecular weight excluding hydrogens is 184 g/mol. The number of fused-ring (bicyclic) bond motifs is 1. The van der Waals surface area contributed by atoms with Crippen LogP contribution in [-0.4, -0.2) is 12.2 Å². The van der Waals surface area contributed by atoms with E-state index in [-0.39, 0.29) is 5.60 Å². The average molecular weight is 208 g/mol. The lowest BCUT2D eigenvalue weighted by Crippen LogP contribution is -2.38. The van der Waals surface area contributed by atoms with Gasteiger partial charge in [0.2, 0.25) is 0 Å². The third-order valence-corrected chi connectivity index (χ3v) is 4.53. The van der Waals surface area contributed by atoms with Gasteiger partial charge in [0.05, 0.1) is 12.2 Å². The summed E-state index contributed by atoms with van der Waals surface area (Å²) in [6, 6.07) is 0. The molecule has 2 aliphatic rings. The normalized spacial score (nSPS) is 38.7. The Balaban J connectivity index is 2.30. The lowest BCUT2D eigenvalue weighted by atomic mass is 9.68. The number of rotatable bonds is 2. The second-order valence-electron chi connectivity index (χ2n) is 5.44. The fraction of sp³-hybridized carbons (Fsp3) is 0.857. The predicted molar refractivity (Wildman–Crippen MR) is 63.8 cm³/mol. The Morgan fingerprint density at radius 3 is 2.67 bits per heavy atom. The van der Waals surface area contributed by atoms with Gasteiger partial charge in [-0.1, -0.05) is 32.4 Å². The van der Waals surface area contributed by atoms with Gasteiger partial charge in [0.15, 0.2) is 0 Å². The second-order valence-corrected chi connectivity index (χ2v) is 5.44. The smallest absolute Gasteiger partial charge is 0.0745 e. The van der Waals surface area contributed by atoms with Gasteiger partial charge in [-0.2, -0.15) is 0 Å². The molecule has 0 radical (unpaired) electrons. The fourth-order valence-electron chi connectivity index (χ4n) is 3.87. The highest BCUT2D eigenvalue weighted by molar-refractivity contribution is 5.19. The van der Waals surface area contributed by atoms with Gasteiger partial charge in [-0.3, -0.25) is 0 Å². The minimum atomic E-state index is 0.158. The van der Waals surface area contributed by atoms with Gasteiger partial charge in [-0.05, 0) is 38.0 Å². The fourth-order valence-corrected chi connectivity index (χ4v) is 3.87. The summed E-state index contributed by atoms with van der Waals surface area (Å²) in [5, 5.41) is 0. The van der Waals surface area contributed by atoms with Crippen molar-refractivity contribution in [2.75, 3.05) is 6.61 Å². The van der Waals surface area contributed by atoms with Crippen molar-refractivity contribution in [1.29, 1.82) is 0 Å². The highest BCUT2D eigenvalue weighted by atomic mass is 16.5. The maximum Gasteiger partial charge on any atom is 0.0745 e. The molecule has 0 aromatic rings. The molecule has 0 saturated carbocycles. The van der Waals surface area contributed by atoms with Gasteiger partial charge in [-0.25, -0.2) is 0 Å². The molecule has 1 heteroatoms. The summed E-state index contributed by atoms with van der Waals surface area (Å²) in [6.07, 6.45) is 6.11. The maximum absolute atomic E-state index is 6.16. The van der Waals surface area contributed by atoms with Crippen LogP contribution >= 0.6 is 0 Å². The molecule has 15 heavy (non-hydrogen) atoms. The van der Waals surface area contributed by atoms with Crippen molar-refractivity contribution >= 4 is 0 Å². The number of ether oxygens (including phenoxy) is 1. The van der Waals surface area contributed by atoms with Gasteiger partial charge in [-0.15, -0.1) is 0 Å². The second kappa shape index (κ2) is 3.93. The molecule has 0 amide bonds. The molecular formula is C14H24O. The van der Waals surface area contributed by atoms with Gasteiger partial charge in [0.25, 0.3) is 0 Å². The van der Waals surface area contributed by atoms with Crippen LogP contribution in [0.3, 0.4) is 0 Å². The first-order valence-electron chi connectivity index (χ1n) is 6.45. The Kier molecular flexibility index (Phi) is 2.94. The maximum atomic E-state index is 6.16. The molecule has 86 valence electrons. The Morgan fingerprint density at radius 1 is 1.40 bits per heavy atom.